The number of fused-ring (bicyclic) bond motifs is 18. The minimum atomic E-state index is 0.278. The van der Waals surface area contributed by atoms with Crippen LogP contribution in [0, 0.1) is 22.7 Å². The lowest BCUT2D eigenvalue weighted by Gasteiger charge is -2.22. The molecule has 0 aliphatic rings. The van der Waals surface area contributed by atoms with Crippen molar-refractivity contribution in [3.8, 4) is 57.7 Å². The number of hydrogen-bond acceptors (Lipinski definition) is 3. The Hall–Kier alpha value is -13.2. The van der Waals surface area contributed by atoms with Gasteiger partial charge in [-0.1, -0.05) is 176 Å². The fraction of sp³-hybridized carbons (Fsp3) is 0. The minimum Gasteiger partial charge on any atom is -0.309 e. The summed E-state index contributed by atoms with van der Waals surface area (Å²) in [7, 11) is 0. The van der Waals surface area contributed by atoms with Crippen molar-refractivity contribution >= 4 is 131 Å². The van der Waals surface area contributed by atoms with E-state index in [1.807, 2.05) is 12.1 Å². The number of rotatable bonds is 7. The van der Waals surface area contributed by atoms with Crippen LogP contribution in [0.5, 0.6) is 0 Å². The summed E-state index contributed by atoms with van der Waals surface area (Å²) in [5.74, 6) is 1.27. The molecule has 0 amide bonds. The highest BCUT2D eigenvalue weighted by molar-refractivity contribution is 6.17. The van der Waals surface area contributed by atoms with E-state index >= 15 is 0 Å². The number of nitriles is 2. The molecule has 9 nitrogen and oxygen atoms in total. The van der Waals surface area contributed by atoms with Crippen LogP contribution in [-0.2, 0) is 0 Å². The molecule has 434 valence electrons. The van der Waals surface area contributed by atoms with Gasteiger partial charge in [0, 0.05) is 92.8 Å². The molecule has 0 fully saturated rings. The molecule has 7 heterocycles. The van der Waals surface area contributed by atoms with Crippen LogP contribution in [0.15, 0.2) is 297 Å². The molecule has 0 radical (unpaired) electrons. The summed E-state index contributed by atoms with van der Waals surface area (Å²) in [5, 5.41) is 36.0. The number of nitrogens with zero attached hydrogens (tertiary/aromatic N) is 9. The molecule has 0 saturated carbocycles. The molecule has 9 heteroatoms. The fourth-order valence-electron chi connectivity index (χ4n) is 15.8. The van der Waals surface area contributed by atoms with Gasteiger partial charge in [-0.3, -0.25) is 9.13 Å². The Bertz CT molecular complexity index is 6620. The number of hydrogen-bond donors (Lipinski definition) is 0. The predicted octanol–water partition coefficient (Wildman–Crippen LogP) is 21.1. The molecule has 13 aromatic carbocycles. The maximum atomic E-state index is 11.5. The van der Waals surface area contributed by atoms with Gasteiger partial charge in [-0.05, 0) is 121 Å². The first-order chi connectivity index (χ1) is 46.6. The van der Waals surface area contributed by atoms with Crippen molar-refractivity contribution in [2.24, 2.45) is 0 Å². The van der Waals surface area contributed by atoms with Crippen LogP contribution >= 0.6 is 0 Å². The van der Waals surface area contributed by atoms with Gasteiger partial charge in [0.1, 0.15) is 18.0 Å². The Kier molecular flexibility index (Phi) is 10.8. The van der Waals surface area contributed by atoms with Crippen LogP contribution in [0.2, 0.25) is 0 Å². The van der Waals surface area contributed by atoms with Crippen molar-refractivity contribution in [3.63, 3.8) is 0 Å². The zero-order valence-electron chi connectivity index (χ0n) is 50.3. The first-order valence-corrected chi connectivity index (χ1v) is 31.7. The molecular weight excluding hydrogens is 1150 g/mol. The van der Waals surface area contributed by atoms with Crippen LogP contribution in [0.4, 0.5) is 0 Å². The van der Waals surface area contributed by atoms with Crippen molar-refractivity contribution in [2.45, 2.75) is 0 Å². The highest BCUT2D eigenvalue weighted by atomic mass is 15.2. The Balaban J connectivity index is 0.930. The number of pyridine rings is 1. The van der Waals surface area contributed by atoms with Crippen molar-refractivity contribution in [1.29, 1.82) is 10.5 Å². The summed E-state index contributed by atoms with van der Waals surface area (Å²) < 4.78 is 14.1. The quantitative estimate of drug-likeness (QED) is 0.159. The number of para-hydroxylation sites is 9. The molecule has 0 bridgehead atoms. The van der Waals surface area contributed by atoms with Crippen LogP contribution < -0.4 is 0 Å². The smallest absolute Gasteiger partial charge is 0.165 e. The Morgan fingerprint density at radius 3 is 0.894 bits per heavy atom. The van der Waals surface area contributed by atoms with E-state index in [-0.39, 0.29) is 11.1 Å². The second-order valence-electron chi connectivity index (χ2n) is 24.4. The molecule has 0 atom stereocenters. The zero-order valence-corrected chi connectivity index (χ0v) is 50.3. The number of aromatic nitrogens is 7. The van der Waals surface area contributed by atoms with Gasteiger partial charge in [0.25, 0.3) is 0 Å². The van der Waals surface area contributed by atoms with E-state index < -0.39 is 0 Å². The molecule has 0 aliphatic heterocycles. The molecular formula is C85H49N9. The third-order valence-corrected chi connectivity index (χ3v) is 19.7. The SMILES string of the molecule is N#Cc1cccc(-c2cc(-n3c4ccccc4c4cc(-n5c6ccccc6c6ccccc65)ccc43)nc(-n3c4ccccc4c4cc(-n5c6ccccc6c6ccccc65)ccc43)c2-n2c3ccccc3c3cc(-n4c5ccccc5c5ccccc54)ccc32)c1C#N. The summed E-state index contributed by atoms with van der Waals surface area (Å²) in [6.45, 7) is 0. The van der Waals surface area contributed by atoms with E-state index in [1.54, 1.807) is 6.07 Å². The molecule has 0 spiro atoms. The van der Waals surface area contributed by atoms with Crippen LogP contribution in [0.1, 0.15) is 11.1 Å². The summed E-state index contributed by atoms with van der Waals surface area (Å²) in [6, 6.07) is 111. The van der Waals surface area contributed by atoms with Gasteiger partial charge in [0.05, 0.1) is 83.0 Å². The van der Waals surface area contributed by atoms with Gasteiger partial charge in [0.2, 0.25) is 0 Å². The van der Waals surface area contributed by atoms with E-state index in [4.69, 9.17) is 4.98 Å². The van der Waals surface area contributed by atoms with Crippen molar-refractivity contribution in [3.05, 3.63) is 308 Å². The summed E-state index contributed by atoms with van der Waals surface area (Å²) in [6.07, 6.45) is 0. The Morgan fingerprint density at radius 2 is 0.532 bits per heavy atom. The van der Waals surface area contributed by atoms with Crippen molar-refractivity contribution in [1.82, 2.24) is 32.4 Å². The average Bonchev–Trinajstić information content (AvgIpc) is 1.52. The lowest BCUT2D eigenvalue weighted by molar-refractivity contribution is 0.984. The Morgan fingerprint density at radius 1 is 0.234 bits per heavy atom. The standard InChI is InChI=1S/C85H49N9/c86-50-52-20-19-30-56(70(52)51-87)69-49-83(92-77-37-16-7-27-63(77)66-46-53(40-43-80(66)92)89-71-31-10-1-21-57(71)58-22-2-11-32-72(58)89)88-85(94-79-39-18-9-29-65(79)68-48-55(42-45-82(68)94)91-75-35-14-5-25-61(75)62-26-6-15-36-76(62)91)84(69)93-78-38-17-8-28-64(78)67-47-54(41-44-81(67)93)90-73-33-12-3-23-59(73)60-24-4-13-34-74(60)90/h1-49H. The van der Waals surface area contributed by atoms with Gasteiger partial charge in [0.15, 0.2) is 5.82 Å². The average molecular weight is 1200 g/mol. The molecule has 0 saturated heterocycles. The summed E-state index contributed by atoms with van der Waals surface area (Å²) >= 11 is 0. The summed E-state index contributed by atoms with van der Waals surface area (Å²) in [5.41, 5.74) is 18.2. The molecule has 20 rings (SSSR count). The largest absolute Gasteiger partial charge is 0.309 e. The summed E-state index contributed by atoms with van der Waals surface area (Å²) in [4.78, 5) is 6.19. The van der Waals surface area contributed by atoms with Crippen molar-refractivity contribution in [2.75, 3.05) is 0 Å². The van der Waals surface area contributed by atoms with Gasteiger partial charge < -0.3 is 18.3 Å². The van der Waals surface area contributed by atoms with Crippen molar-refractivity contribution < 1.29 is 0 Å². The molecule has 20 aromatic rings. The highest BCUT2D eigenvalue weighted by Crippen LogP contribution is 2.47. The van der Waals surface area contributed by atoms with E-state index in [2.05, 4.69) is 319 Å². The minimum absolute atomic E-state index is 0.278. The second kappa shape index (κ2) is 19.6. The van der Waals surface area contributed by atoms with Crippen LogP contribution in [-0.4, -0.2) is 32.4 Å². The predicted molar refractivity (Wildman–Crippen MR) is 385 cm³/mol. The third kappa shape index (κ3) is 7.12. The normalized spacial score (nSPS) is 12.0. The topological polar surface area (TPSA) is 90.0 Å². The maximum absolute atomic E-state index is 11.5. The maximum Gasteiger partial charge on any atom is 0.165 e. The molecule has 0 N–H and O–H groups in total. The van der Waals surface area contributed by atoms with Gasteiger partial charge in [-0.2, -0.15) is 10.5 Å². The van der Waals surface area contributed by atoms with E-state index in [9.17, 15) is 10.5 Å². The van der Waals surface area contributed by atoms with Gasteiger partial charge in [-0.25, -0.2) is 4.98 Å². The lowest BCUT2D eigenvalue weighted by Crippen LogP contribution is -2.12. The van der Waals surface area contributed by atoms with Gasteiger partial charge >= 0.3 is 0 Å². The van der Waals surface area contributed by atoms with Crippen LogP contribution in [0.3, 0.4) is 0 Å². The van der Waals surface area contributed by atoms with E-state index in [1.165, 1.54) is 32.3 Å². The zero-order chi connectivity index (χ0) is 61.9. The Labute approximate surface area is 536 Å². The number of benzene rings is 13. The van der Waals surface area contributed by atoms with Crippen LogP contribution in [0.25, 0.3) is 176 Å². The monoisotopic (exact) mass is 1200 g/mol. The molecule has 0 aliphatic carbocycles. The second-order valence-corrected chi connectivity index (χ2v) is 24.4. The fourth-order valence-corrected chi connectivity index (χ4v) is 15.8. The highest BCUT2D eigenvalue weighted by Gasteiger charge is 2.29. The molecule has 94 heavy (non-hydrogen) atoms. The third-order valence-electron chi connectivity index (χ3n) is 19.7. The lowest BCUT2D eigenvalue weighted by atomic mass is 9.95. The van der Waals surface area contributed by atoms with E-state index in [0.717, 1.165) is 127 Å². The van der Waals surface area contributed by atoms with E-state index in [0.29, 0.717) is 17.2 Å². The first-order valence-electron chi connectivity index (χ1n) is 31.7. The van der Waals surface area contributed by atoms with Gasteiger partial charge in [-0.15, -0.1) is 0 Å². The molecule has 0 unspecified atom stereocenters. The first kappa shape index (κ1) is 51.7. The molecule has 7 aromatic heterocycles.